The van der Waals surface area contributed by atoms with Crippen LogP contribution < -0.4 is 5.32 Å². The molecule has 0 aliphatic heterocycles. The first-order valence-corrected chi connectivity index (χ1v) is 14.8. The van der Waals surface area contributed by atoms with Crippen LogP contribution in [0.2, 0.25) is 5.02 Å². The fourth-order valence-corrected chi connectivity index (χ4v) is 5.68. The van der Waals surface area contributed by atoms with Gasteiger partial charge in [0.05, 0.1) is 34.5 Å². The van der Waals surface area contributed by atoms with Gasteiger partial charge in [-0.25, -0.2) is 0 Å². The van der Waals surface area contributed by atoms with Gasteiger partial charge in [-0.3, -0.25) is 13.6 Å². The van der Waals surface area contributed by atoms with Crippen molar-refractivity contribution in [3.63, 3.8) is 0 Å². The predicted octanol–water partition coefficient (Wildman–Crippen LogP) is 2.90. The van der Waals surface area contributed by atoms with Crippen LogP contribution in [0.5, 0.6) is 0 Å². The van der Waals surface area contributed by atoms with Gasteiger partial charge in [-0.15, -0.1) is 0 Å². The van der Waals surface area contributed by atoms with Gasteiger partial charge < -0.3 is 30.8 Å². The van der Waals surface area contributed by atoms with Crippen LogP contribution in [0.15, 0.2) is 71.6 Å². The molecule has 0 bridgehead atoms. The molecular formula is C29H27BClF3N2O7S. The van der Waals surface area contributed by atoms with E-state index in [4.69, 9.17) is 19.4 Å². The summed E-state index contributed by atoms with van der Waals surface area (Å²) in [6, 6.07) is 13.7. The van der Waals surface area contributed by atoms with Crippen LogP contribution in [-0.2, 0) is 29.3 Å². The van der Waals surface area contributed by atoms with Gasteiger partial charge in [0.25, 0.3) is 11.8 Å². The largest absolute Gasteiger partial charge is 0.416 e. The molecule has 4 aromatic rings. The van der Waals surface area contributed by atoms with Crippen molar-refractivity contribution in [2.45, 2.75) is 42.1 Å². The summed E-state index contributed by atoms with van der Waals surface area (Å²) in [6.07, 6.45) is -5.41. The summed E-state index contributed by atoms with van der Waals surface area (Å²) in [6.45, 7) is 1.30. The van der Waals surface area contributed by atoms with E-state index in [1.165, 1.54) is 30.3 Å². The highest BCUT2D eigenvalue weighted by atomic mass is 35.5. The first-order chi connectivity index (χ1) is 20.5. The summed E-state index contributed by atoms with van der Waals surface area (Å²) in [5.41, 5.74) is -4.86. The maximum Gasteiger partial charge on any atom is 0.416 e. The van der Waals surface area contributed by atoms with E-state index in [1.54, 1.807) is 31.2 Å². The molecule has 1 aromatic heterocycles. The summed E-state index contributed by atoms with van der Waals surface area (Å²) in [5, 5.41) is 53.8. The quantitative estimate of drug-likeness (QED) is 0.114. The van der Waals surface area contributed by atoms with E-state index in [9.17, 15) is 47.7 Å². The molecule has 1 amide bonds. The minimum atomic E-state index is -4.82. The fraction of sp³-hybridized carbons (Fsp3) is 0.276. The first-order valence-electron chi connectivity index (χ1n) is 13.1. The molecule has 3 aromatic carbocycles. The molecule has 2 unspecified atom stereocenters. The number of nitrogens with zero attached hydrogens (tertiary/aromatic N) is 1. The number of alkyl halides is 3. The molecular weight excluding hydrogens is 624 g/mol. The van der Waals surface area contributed by atoms with Crippen molar-refractivity contribution in [2.75, 3.05) is 12.4 Å². The van der Waals surface area contributed by atoms with Gasteiger partial charge in [0.15, 0.2) is 13.5 Å². The lowest BCUT2D eigenvalue weighted by molar-refractivity contribution is -0.362. The molecule has 0 aliphatic carbocycles. The molecule has 0 saturated heterocycles. The Bertz CT molecular complexity index is 1710. The van der Waals surface area contributed by atoms with Crippen LogP contribution in [0.4, 0.5) is 13.2 Å². The predicted molar refractivity (Wildman–Crippen MR) is 157 cm³/mol. The van der Waals surface area contributed by atoms with E-state index in [0.29, 0.717) is 26.8 Å². The third-order valence-electron chi connectivity index (χ3n) is 6.99. The summed E-state index contributed by atoms with van der Waals surface area (Å²) >= 11 is 5.78. The number of hydrogen-bond donors (Lipinski definition) is 6. The molecule has 6 N–H and O–H groups in total. The number of aliphatic hydroxyl groups excluding tert-OH is 1. The summed E-state index contributed by atoms with van der Waals surface area (Å²) < 4.78 is 53.9. The van der Waals surface area contributed by atoms with E-state index < -0.39 is 59.1 Å². The maximum absolute atomic E-state index is 13.8. The number of rotatable bonds is 10. The minimum absolute atomic E-state index is 0.0271. The number of amides is 1. The Morgan fingerprint density at radius 1 is 1.02 bits per heavy atom. The minimum Gasteiger partial charge on any atom is -0.394 e. The number of carbonyl (C=O) groups is 1. The van der Waals surface area contributed by atoms with Crippen molar-refractivity contribution in [1.29, 1.82) is 0 Å². The Kier molecular flexibility index (Phi) is 9.67. The number of halogens is 4. The number of aromatic nitrogens is 1. The topological polar surface area (TPSA) is 152 Å². The lowest BCUT2D eigenvalue weighted by Gasteiger charge is -2.36. The molecule has 15 heteroatoms. The van der Waals surface area contributed by atoms with Gasteiger partial charge in [-0.2, -0.15) is 13.2 Å². The van der Waals surface area contributed by atoms with Crippen molar-refractivity contribution >= 4 is 47.1 Å². The van der Waals surface area contributed by atoms with Crippen molar-refractivity contribution in [3.05, 3.63) is 99.7 Å². The van der Waals surface area contributed by atoms with Crippen LogP contribution in [0.1, 0.15) is 45.7 Å². The zero-order chi connectivity index (χ0) is 32.6. The van der Waals surface area contributed by atoms with Crippen LogP contribution in [-0.4, -0.2) is 66.1 Å². The zero-order valence-electron chi connectivity index (χ0n) is 23.0. The van der Waals surface area contributed by atoms with Crippen LogP contribution in [0.25, 0.3) is 10.9 Å². The van der Waals surface area contributed by atoms with Crippen molar-refractivity contribution in [1.82, 2.24) is 9.88 Å². The molecule has 2 atom stereocenters. The molecule has 232 valence electrons. The SMILES string of the molecule is [B]C(O)(O)C(O)(O)n1c(Cc2ccc(Cl)cc2C(F)(F)F)cc2cc(C(=O)NC(CO)c3ccc(S(=O)CC)cc3)ccc21. The Labute approximate surface area is 258 Å². The number of hydrogen-bond acceptors (Lipinski definition) is 7. The van der Waals surface area contributed by atoms with Crippen LogP contribution >= 0.6 is 11.6 Å². The standard InChI is InChI=1S/C29H27BClF3N2O7S/c1-2-44(43)22-8-4-16(5-9-22)24(15-37)35-26(38)18-6-10-25-19(11-18)13-21(36(25)29(41,42)28(30,39)40)12-17-3-7-20(31)14-23(17)27(32,33)34/h3-11,13-14,24,37,39-42H,2,12,15H2,1H3,(H,35,38). The zero-order valence-corrected chi connectivity index (χ0v) is 24.6. The van der Waals surface area contributed by atoms with E-state index in [1.807, 2.05) is 0 Å². The van der Waals surface area contributed by atoms with Gasteiger partial charge in [-0.1, -0.05) is 36.7 Å². The highest BCUT2D eigenvalue weighted by molar-refractivity contribution is 7.85. The third kappa shape index (κ3) is 6.86. The Balaban J connectivity index is 1.74. The van der Waals surface area contributed by atoms with E-state index >= 15 is 0 Å². The summed E-state index contributed by atoms with van der Waals surface area (Å²) in [4.78, 5) is 13.7. The molecule has 0 saturated carbocycles. The number of benzene rings is 3. The van der Waals surface area contributed by atoms with Gasteiger partial charge in [-0.05, 0) is 59.7 Å². The van der Waals surface area contributed by atoms with Gasteiger partial charge in [0.1, 0.15) is 0 Å². The molecule has 0 fully saturated rings. The Hall–Kier alpha value is -3.24. The van der Waals surface area contributed by atoms with E-state index in [-0.39, 0.29) is 32.7 Å². The van der Waals surface area contributed by atoms with Crippen molar-refractivity contribution < 1.29 is 47.7 Å². The molecule has 9 nitrogen and oxygen atoms in total. The molecule has 0 aliphatic rings. The van der Waals surface area contributed by atoms with Gasteiger partial charge in [0, 0.05) is 38.7 Å². The molecule has 44 heavy (non-hydrogen) atoms. The number of carbonyl (C=O) groups excluding carboxylic acids is 1. The van der Waals surface area contributed by atoms with Gasteiger partial charge >= 0.3 is 6.18 Å². The summed E-state index contributed by atoms with van der Waals surface area (Å²) in [7, 11) is 4.01. The average molecular weight is 651 g/mol. The molecule has 0 spiro atoms. The van der Waals surface area contributed by atoms with Gasteiger partial charge in [0.2, 0.25) is 0 Å². The first kappa shape index (κ1) is 33.7. The van der Waals surface area contributed by atoms with Crippen molar-refractivity contribution in [2.24, 2.45) is 0 Å². The molecule has 1 heterocycles. The fourth-order valence-electron chi connectivity index (χ4n) is 4.73. The highest BCUT2D eigenvalue weighted by Crippen LogP contribution is 2.37. The smallest absolute Gasteiger partial charge is 0.394 e. The normalized spacial score (nSPS) is 14.0. The lowest BCUT2D eigenvalue weighted by atomic mass is 9.90. The van der Waals surface area contributed by atoms with E-state index in [2.05, 4.69) is 5.32 Å². The lowest BCUT2D eigenvalue weighted by Crippen LogP contribution is -2.56. The second-order valence-electron chi connectivity index (χ2n) is 9.99. The molecule has 2 radical (unpaired) electrons. The maximum atomic E-state index is 13.8. The van der Waals surface area contributed by atoms with E-state index in [0.717, 1.165) is 6.07 Å². The number of aliphatic hydroxyl groups is 5. The Morgan fingerprint density at radius 3 is 2.25 bits per heavy atom. The second-order valence-corrected chi connectivity index (χ2v) is 12.2. The van der Waals surface area contributed by atoms with Crippen molar-refractivity contribution in [3.8, 4) is 0 Å². The third-order valence-corrected chi connectivity index (χ3v) is 8.55. The van der Waals surface area contributed by atoms with Crippen LogP contribution in [0, 0.1) is 0 Å². The second kappa shape index (κ2) is 12.6. The summed E-state index contributed by atoms with van der Waals surface area (Å²) in [5.74, 6) is -3.87. The average Bonchev–Trinajstić information content (AvgIpc) is 3.33. The van der Waals surface area contributed by atoms with Crippen LogP contribution in [0.3, 0.4) is 0 Å². The Morgan fingerprint density at radius 2 is 1.68 bits per heavy atom. The highest BCUT2D eigenvalue weighted by Gasteiger charge is 2.46. The number of nitrogens with one attached hydrogen (secondary N) is 1. The molecule has 4 rings (SSSR count). The monoisotopic (exact) mass is 650 g/mol. The number of fused-ring (bicyclic) bond motifs is 1.